The molecule has 0 aliphatic heterocycles. The SMILES string of the molecule is CC[C@H](CO)NC(=O)c1ccc(Cl)cc1C. The van der Waals surface area contributed by atoms with E-state index in [0.29, 0.717) is 17.0 Å². The fourth-order valence-corrected chi connectivity index (χ4v) is 1.65. The molecule has 16 heavy (non-hydrogen) atoms. The summed E-state index contributed by atoms with van der Waals surface area (Å²) in [5.41, 5.74) is 1.43. The zero-order valence-corrected chi connectivity index (χ0v) is 10.2. The molecule has 0 heterocycles. The molecule has 0 radical (unpaired) electrons. The molecule has 1 aromatic carbocycles. The molecular weight excluding hydrogens is 226 g/mol. The Morgan fingerprint density at radius 3 is 2.75 bits per heavy atom. The first-order valence-electron chi connectivity index (χ1n) is 5.26. The van der Waals surface area contributed by atoms with E-state index < -0.39 is 0 Å². The summed E-state index contributed by atoms with van der Waals surface area (Å²) in [4.78, 5) is 11.8. The molecular formula is C12H16ClNO2. The summed E-state index contributed by atoms with van der Waals surface area (Å²) in [5.74, 6) is -0.171. The van der Waals surface area contributed by atoms with Crippen LogP contribution in [0.2, 0.25) is 5.02 Å². The van der Waals surface area contributed by atoms with Gasteiger partial charge in [-0.05, 0) is 37.1 Å². The summed E-state index contributed by atoms with van der Waals surface area (Å²) in [6.45, 7) is 3.70. The Balaban J connectivity index is 2.80. The van der Waals surface area contributed by atoms with E-state index in [1.807, 2.05) is 13.8 Å². The second-order valence-electron chi connectivity index (χ2n) is 3.72. The number of rotatable bonds is 4. The van der Waals surface area contributed by atoms with Gasteiger partial charge in [0.15, 0.2) is 0 Å². The second-order valence-corrected chi connectivity index (χ2v) is 4.16. The van der Waals surface area contributed by atoms with Crippen molar-refractivity contribution in [2.24, 2.45) is 0 Å². The van der Waals surface area contributed by atoms with Gasteiger partial charge in [-0.2, -0.15) is 0 Å². The summed E-state index contributed by atoms with van der Waals surface area (Å²) in [7, 11) is 0. The quantitative estimate of drug-likeness (QED) is 0.849. The highest BCUT2D eigenvalue weighted by Gasteiger charge is 2.13. The molecule has 0 unspecified atom stereocenters. The maximum atomic E-state index is 11.8. The lowest BCUT2D eigenvalue weighted by Gasteiger charge is -2.15. The van der Waals surface area contributed by atoms with Gasteiger partial charge in [0.05, 0.1) is 12.6 Å². The molecule has 4 heteroatoms. The molecule has 0 bridgehead atoms. The number of aryl methyl sites for hydroxylation is 1. The summed E-state index contributed by atoms with van der Waals surface area (Å²) in [6.07, 6.45) is 0.703. The second kappa shape index (κ2) is 5.87. The predicted octanol–water partition coefficient (Wildman–Crippen LogP) is 2.15. The van der Waals surface area contributed by atoms with Crippen LogP contribution in [-0.4, -0.2) is 23.7 Å². The number of nitrogens with one attached hydrogen (secondary N) is 1. The summed E-state index contributed by atoms with van der Waals surface area (Å²) < 4.78 is 0. The standard InChI is InChI=1S/C12H16ClNO2/c1-3-10(7-15)14-12(16)11-5-4-9(13)6-8(11)2/h4-6,10,15H,3,7H2,1-2H3,(H,14,16)/t10-/m1/s1. The van der Waals surface area contributed by atoms with Gasteiger partial charge in [-0.15, -0.1) is 0 Å². The van der Waals surface area contributed by atoms with Gasteiger partial charge in [0.2, 0.25) is 0 Å². The smallest absolute Gasteiger partial charge is 0.251 e. The van der Waals surface area contributed by atoms with Crippen LogP contribution in [0, 0.1) is 6.92 Å². The Hall–Kier alpha value is -1.06. The van der Waals surface area contributed by atoms with E-state index in [1.165, 1.54) is 0 Å². The van der Waals surface area contributed by atoms with Crippen LogP contribution in [0.4, 0.5) is 0 Å². The Kier molecular flexibility index (Phi) is 4.77. The van der Waals surface area contributed by atoms with Crippen LogP contribution in [0.5, 0.6) is 0 Å². The number of aliphatic hydroxyl groups is 1. The lowest BCUT2D eigenvalue weighted by molar-refractivity contribution is 0.0914. The monoisotopic (exact) mass is 241 g/mol. The van der Waals surface area contributed by atoms with Gasteiger partial charge in [-0.3, -0.25) is 4.79 Å². The third kappa shape index (κ3) is 3.22. The predicted molar refractivity (Wildman–Crippen MR) is 64.8 cm³/mol. The molecule has 1 rings (SSSR count). The molecule has 88 valence electrons. The van der Waals surface area contributed by atoms with E-state index in [0.717, 1.165) is 5.56 Å². The van der Waals surface area contributed by atoms with Crippen molar-refractivity contribution in [3.63, 3.8) is 0 Å². The first-order chi connectivity index (χ1) is 7.58. The van der Waals surface area contributed by atoms with Crippen LogP contribution in [0.1, 0.15) is 29.3 Å². The van der Waals surface area contributed by atoms with Crippen molar-refractivity contribution in [1.29, 1.82) is 0 Å². The highest BCUT2D eigenvalue weighted by Crippen LogP contribution is 2.15. The van der Waals surface area contributed by atoms with E-state index in [1.54, 1.807) is 18.2 Å². The van der Waals surface area contributed by atoms with Gasteiger partial charge in [0, 0.05) is 10.6 Å². The maximum Gasteiger partial charge on any atom is 0.251 e. The average Bonchev–Trinajstić information content (AvgIpc) is 2.25. The normalized spacial score (nSPS) is 12.2. The summed E-state index contributed by atoms with van der Waals surface area (Å²) in [5, 5.41) is 12.4. The summed E-state index contributed by atoms with van der Waals surface area (Å²) >= 11 is 5.81. The first kappa shape index (κ1) is 13.0. The molecule has 0 aliphatic rings. The lowest BCUT2D eigenvalue weighted by atomic mass is 10.1. The Bertz CT molecular complexity index is 375. The van der Waals surface area contributed by atoms with Crippen LogP contribution < -0.4 is 5.32 Å². The van der Waals surface area contributed by atoms with Crippen LogP contribution >= 0.6 is 11.6 Å². The number of carbonyl (C=O) groups is 1. The minimum absolute atomic E-state index is 0.0467. The van der Waals surface area contributed by atoms with Gasteiger partial charge < -0.3 is 10.4 Å². The van der Waals surface area contributed by atoms with Gasteiger partial charge >= 0.3 is 0 Å². The number of aliphatic hydroxyl groups excluding tert-OH is 1. The highest BCUT2D eigenvalue weighted by atomic mass is 35.5. The number of amides is 1. The van der Waals surface area contributed by atoms with Crippen LogP contribution in [0.25, 0.3) is 0 Å². The van der Waals surface area contributed by atoms with Crippen molar-refractivity contribution in [1.82, 2.24) is 5.32 Å². The number of hydrogen-bond acceptors (Lipinski definition) is 2. The molecule has 3 nitrogen and oxygen atoms in total. The third-order valence-corrected chi connectivity index (χ3v) is 2.72. The van der Waals surface area contributed by atoms with E-state index >= 15 is 0 Å². The van der Waals surface area contributed by atoms with Crippen molar-refractivity contribution in [2.75, 3.05) is 6.61 Å². The van der Waals surface area contributed by atoms with E-state index in [4.69, 9.17) is 16.7 Å². The summed E-state index contributed by atoms with van der Waals surface area (Å²) in [6, 6.07) is 4.93. The van der Waals surface area contributed by atoms with Crippen molar-refractivity contribution >= 4 is 17.5 Å². The molecule has 0 spiro atoms. The molecule has 0 saturated heterocycles. The number of hydrogen-bond donors (Lipinski definition) is 2. The third-order valence-electron chi connectivity index (χ3n) is 2.48. The van der Waals surface area contributed by atoms with Gasteiger partial charge in [-0.1, -0.05) is 18.5 Å². The average molecular weight is 242 g/mol. The Morgan fingerprint density at radius 1 is 1.56 bits per heavy atom. The fraction of sp³-hybridized carbons (Fsp3) is 0.417. The Morgan fingerprint density at radius 2 is 2.25 bits per heavy atom. The molecule has 2 N–H and O–H groups in total. The van der Waals surface area contributed by atoms with E-state index in [-0.39, 0.29) is 18.6 Å². The molecule has 1 atom stereocenters. The minimum atomic E-state index is -0.192. The maximum absolute atomic E-state index is 11.8. The molecule has 0 saturated carbocycles. The fourth-order valence-electron chi connectivity index (χ4n) is 1.42. The topological polar surface area (TPSA) is 49.3 Å². The molecule has 0 fully saturated rings. The number of halogens is 1. The van der Waals surface area contributed by atoms with Crippen molar-refractivity contribution in [3.05, 3.63) is 34.3 Å². The molecule has 0 aromatic heterocycles. The van der Waals surface area contributed by atoms with Crippen molar-refractivity contribution < 1.29 is 9.90 Å². The van der Waals surface area contributed by atoms with E-state index in [2.05, 4.69) is 5.32 Å². The van der Waals surface area contributed by atoms with Crippen molar-refractivity contribution in [2.45, 2.75) is 26.3 Å². The van der Waals surface area contributed by atoms with Gasteiger partial charge in [0.1, 0.15) is 0 Å². The molecule has 1 amide bonds. The van der Waals surface area contributed by atoms with Crippen LogP contribution in [-0.2, 0) is 0 Å². The zero-order chi connectivity index (χ0) is 12.1. The zero-order valence-electron chi connectivity index (χ0n) is 9.46. The number of benzene rings is 1. The molecule has 0 aliphatic carbocycles. The molecule has 1 aromatic rings. The van der Waals surface area contributed by atoms with Crippen LogP contribution in [0.15, 0.2) is 18.2 Å². The first-order valence-corrected chi connectivity index (χ1v) is 5.64. The minimum Gasteiger partial charge on any atom is -0.394 e. The van der Waals surface area contributed by atoms with Crippen molar-refractivity contribution in [3.8, 4) is 0 Å². The number of carbonyl (C=O) groups excluding carboxylic acids is 1. The largest absolute Gasteiger partial charge is 0.394 e. The van der Waals surface area contributed by atoms with Gasteiger partial charge in [-0.25, -0.2) is 0 Å². The van der Waals surface area contributed by atoms with Gasteiger partial charge in [0.25, 0.3) is 5.91 Å². The highest BCUT2D eigenvalue weighted by molar-refractivity contribution is 6.30. The van der Waals surface area contributed by atoms with E-state index in [9.17, 15) is 4.79 Å². The van der Waals surface area contributed by atoms with Crippen LogP contribution in [0.3, 0.4) is 0 Å². The Labute approximate surface area is 100 Å². The lowest BCUT2D eigenvalue weighted by Crippen LogP contribution is -2.37.